The molecule has 0 amide bonds. The summed E-state index contributed by atoms with van der Waals surface area (Å²) in [4.78, 5) is 9.67. The Morgan fingerprint density at radius 2 is 1.90 bits per heavy atom. The lowest BCUT2D eigenvalue weighted by Crippen LogP contribution is -2.02. The maximum Gasteiger partial charge on any atom is 0.162 e. The molecule has 4 aromatic rings. The number of hydrogen-bond acceptors (Lipinski definition) is 5. The molecule has 0 saturated heterocycles. The summed E-state index contributed by atoms with van der Waals surface area (Å²) in [7, 11) is 3.51. The molecule has 0 fully saturated rings. The number of ether oxygens (including phenoxy) is 1. The van der Waals surface area contributed by atoms with Gasteiger partial charge in [0.15, 0.2) is 11.6 Å². The second-order valence-electron chi connectivity index (χ2n) is 6.75. The van der Waals surface area contributed by atoms with Crippen LogP contribution in [0.5, 0.6) is 5.75 Å². The summed E-state index contributed by atoms with van der Waals surface area (Å²) < 4.78 is 7.08. The van der Waals surface area contributed by atoms with Crippen molar-refractivity contribution in [2.75, 3.05) is 12.4 Å². The van der Waals surface area contributed by atoms with Crippen molar-refractivity contribution in [2.45, 2.75) is 19.8 Å². The molecule has 6 nitrogen and oxygen atoms in total. The first-order valence-corrected chi connectivity index (χ1v) is 9.88. The zero-order chi connectivity index (χ0) is 20.4. The fourth-order valence-corrected chi connectivity index (χ4v) is 3.59. The van der Waals surface area contributed by atoms with Crippen molar-refractivity contribution in [1.82, 2.24) is 19.7 Å². The van der Waals surface area contributed by atoms with Gasteiger partial charge in [-0.05, 0) is 24.6 Å². The predicted molar refractivity (Wildman–Crippen MR) is 117 cm³/mol. The SMILES string of the molecule is CCCc1nn(C)c2c(Nc3ccc(OC)c(Cl)c3)nc(-c3ccccc3)nc12. The third-order valence-electron chi connectivity index (χ3n) is 4.69. The Labute approximate surface area is 174 Å². The molecule has 0 aliphatic rings. The number of benzene rings is 2. The maximum absolute atomic E-state index is 6.30. The number of aromatic nitrogens is 4. The van der Waals surface area contributed by atoms with Crippen LogP contribution in [0.4, 0.5) is 11.5 Å². The lowest BCUT2D eigenvalue weighted by Gasteiger charge is -2.11. The van der Waals surface area contributed by atoms with Crippen LogP contribution in [-0.4, -0.2) is 26.9 Å². The highest BCUT2D eigenvalue weighted by Gasteiger charge is 2.18. The second-order valence-corrected chi connectivity index (χ2v) is 7.16. The largest absolute Gasteiger partial charge is 0.495 e. The average molecular weight is 408 g/mol. The third-order valence-corrected chi connectivity index (χ3v) is 4.98. The highest BCUT2D eigenvalue weighted by atomic mass is 35.5. The zero-order valence-electron chi connectivity index (χ0n) is 16.6. The molecule has 0 radical (unpaired) electrons. The maximum atomic E-state index is 6.30. The monoisotopic (exact) mass is 407 g/mol. The van der Waals surface area contributed by atoms with Crippen LogP contribution in [0.2, 0.25) is 5.02 Å². The first-order valence-electron chi connectivity index (χ1n) is 9.50. The Morgan fingerprint density at radius 1 is 1.10 bits per heavy atom. The van der Waals surface area contributed by atoms with E-state index in [1.165, 1.54) is 0 Å². The van der Waals surface area contributed by atoms with E-state index in [0.717, 1.165) is 40.8 Å². The molecule has 2 heterocycles. The van der Waals surface area contributed by atoms with Gasteiger partial charge in [-0.25, -0.2) is 9.97 Å². The topological polar surface area (TPSA) is 64.9 Å². The molecule has 0 aliphatic carbocycles. The number of anilines is 2. The van der Waals surface area contributed by atoms with E-state index in [9.17, 15) is 0 Å². The van der Waals surface area contributed by atoms with E-state index in [-0.39, 0.29) is 0 Å². The van der Waals surface area contributed by atoms with Crippen LogP contribution in [0.3, 0.4) is 0 Å². The fourth-order valence-electron chi connectivity index (χ4n) is 3.33. The number of fused-ring (bicyclic) bond motifs is 1. The summed E-state index contributed by atoms with van der Waals surface area (Å²) in [5, 5.41) is 8.61. The van der Waals surface area contributed by atoms with E-state index in [4.69, 9.17) is 26.3 Å². The van der Waals surface area contributed by atoms with Crippen LogP contribution in [-0.2, 0) is 13.5 Å². The minimum atomic E-state index is 0.530. The minimum Gasteiger partial charge on any atom is -0.495 e. The molecule has 4 rings (SSSR count). The van der Waals surface area contributed by atoms with Gasteiger partial charge in [-0.15, -0.1) is 0 Å². The molecule has 148 valence electrons. The average Bonchev–Trinajstić information content (AvgIpc) is 3.05. The number of rotatable bonds is 6. The Hall–Kier alpha value is -3.12. The molecule has 29 heavy (non-hydrogen) atoms. The highest BCUT2D eigenvalue weighted by molar-refractivity contribution is 6.32. The number of hydrogen-bond donors (Lipinski definition) is 1. The number of nitrogens with one attached hydrogen (secondary N) is 1. The summed E-state index contributed by atoms with van der Waals surface area (Å²) in [6.07, 6.45) is 1.85. The molecule has 0 bridgehead atoms. The Bertz CT molecular complexity index is 1160. The van der Waals surface area contributed by atoms with Crippen molar-refractivity contribution in [3.8, 4) is 17.1 Å². The molecule has 2 aromatic carbocycles. The summed E-state index contributed by atoms with van der Waals surface area (Å²) in [6.45, 7) is 2.14. The molecule has 0 unspecified atom stereocenters. The Kier molecular flexibility index (Phi) is 5.36. The summed E-state index contributed by atoms with van der Waals surface area (Å²) in [5.41, 5.74) is 4.47. The van der Waals surface area contributed by atoms with Crippen molar-refractivity contribution in [1.29, 1.82) is 0 Å². The number of aryl methyl sites for hydroxylation is 2. The normalized spacial score (nSPS) is 11.0. The van der Waals surface area contributed by atoms with Crippen molar-refractivity contribution in [2.24, 2.45) is 7.05 Å². The van der Waals surface area contributed by atoms with E-state index in [1.54, 1.807) is 7.11 Å². The van der Waals surface area contributed by atoms with Crippen molar-refractivity contribution in [3.63, 3.8) is 0 Å². The van der Waals surface area contributed by atoms with E-state index in [0.29, 0.717) is 22.4 Å². The summed E-state index contributed by atoms with van der Waals surface area (Å²) in [6, 6.07) is 15.5. The lowest BCUT2D eigenvalue weighted by atomic mass is 10.2. The third kappa shape index (κ3) is 3.76. The van der Waals surface area contributed by atoms with Gasteiger partial charge in [0, 0.05) is 18.3 Å². The lowest BCUT2D eigenvalue weighted by molar-refractivity contribution is 0.415. The van der Waals surface area contributed by atoms with E-state index < -0.39 is 0 Å². The van der Waals surface area contributed by atoms with Gasteiger partial charge in [-0.1, -0.05) is 55.3 Å². The molecule has 0 atom stereocenters. The molecular formula is C22H22ClN5O. The van der Waals surface area contributed by atoms with E-state index in [2.05, 4.69) is 17.3 Å². The van der Waals surface area contributed by atoms with Crippen LogP contribution < -0.4 is 10.1 Å². The van der Waals surface area contributed by atoms with Gasteiger partial charge in [0.1, 0.15) is 16.8 Å². The quantitative estimate of drug-likeness (QED) is 0.464. The van der Waals surface area contributed by atoms with Crippen molar-refractivity contribution >= 4 is 34.1 Å². The molecule has 2 aromatic heterocycles. The molecule has 0 saturated carbocycles. The zero-order valence-corrected chi connectivity index (χ0v) is 17.4. The van der Waals surface area contributed by atoms with Gasteiger partial charge < -0.3 is 10.1 Å². The Balaban J connectivity index is 1.88. The van der Waals surface area contributed by atoms with Gasteiger partial charge in [0.05, 0.1) is 17.8 Å². The minimum absolute atomic E-state index is 0.530. The fraction of sp³-hybridized carbons (Fsp3) is 0.227. The second kappa shape index (κ2) is 8.09. The van der Waals surface area contributed by atoms with Crippen LogP contribution >= 0.6 is 11.6 Å². The molecular weight excluding hydrogens is 386 g/mol. The standard InChI is InChI=1S/C22H22ClN5O/c1-4-8-17-19-20(28(2)27-17)22(24-15-11-12-18(29-3)16(23)13-15)26-21(25-19)14-9-6-5-7-10-14/h5-7,9-13H,4,8H2,1-3H3,(H,24,25,26). The summed E-state index contributed by atoms with van der Waals surface area (Å²) >= 11 is 6.30. The first-order chi connectivity index (χ1) is 14.1. The van der Waals surface area contributed by atoms with Crippen LogP contribution in [0, 0.1) is 0 Å². The van der Waals surface area contributed by atoms with Gasteiger partial charge in [-0.3, -0.25) is 4.68 Å². The van der Waals surface area contributed by atoms with Gasteiger partial charge in [0.25, 0.3) is 0 Å². The van der Waals surface area contributed by atoms with E-state index >= 15 is 0 Å². The number of halogens is 1. The Morgan fingerprint density at radius 3 is 2.59 bits per heavy atom. The van der Waals surface area contributed by atoms with Gasteiger partial charge in [0.2, 0.25) is 0 Å². The first kappa shape index (κ1) is 19.2. The molecule has 1 N–H and O–H groups in total. The number of nitrogens with zero attached hydrogens (tertiary/aromatic N) is 4. The van der Waals surface area contributed by atoms with Crippen molar-refractivity contribution in [3.05, 3.63) is 59.2 Å². The molecule has 0 spiro atoms. The predicted octanol–water partition coefficient (Wildman–Crippen LogP) is 5.39. The van der Waals surface area contributed by atoms with Gasteiger partial charge >= 0.3 is 0 Å². The van der Waals surface area contributed by atoms with E-state index in [1.807, 2.05) is 60.3 Å². The van der Waals surface area contributed by atoms with Crippen molar-refractivity contribution < 1.29 is 4.74 Å². The van der Waals surface area contributed by atoms with Gasteiger partial charge in [-0.2, -0.15) is 5.10 Å². The highest BCUT2D eigenvalue weighted by Crippen LogP contribution is 2.32. The molecule has 7 heteroatoms. The van der Waals surface area contributed by atoms with Crippen LogP contribution in [0.15, 0.2) is 48.5 Å². The molecule has 0 aliphatic heterocycles. The smallest absolute Gasteiger partial charge is 0.162 e. The van der Waals surface area contributed by atoms with Crippen LogP contribution in [0.1, 0.15) is 19.0 Å². The number of methoxy groups -OCH3 is 1. The summed E-state index contributed by atoms with van der Waals surface area (Å²) in [5.74, 6) is 1.97. The van der Waals surface area contributed by atoms with Crippen LogP contribution in [0.25, 0.3) is 22.4 Å².